The maximum Gasteiger partial charge on any atom is 0.243 e. The summed E-state index contributed by atoms with van der Waals surface area (Å²) in [5.41, 5.74) is 1.00. The van der Waals surface area contributed by atoms with Crippen molar-refractivity contribution in [3.05, 3.63) is 65.2 Å². The molecule has 28 heavy (non-hydrogen) atoms. The molecule has 0 fully saturated rings. The van der Waals surface area contributed by atoms with Crippen molar-refractivity contribution in [2.45, 2.75) is 50.7 Å². The van der Waals surface area contributed by atoms with E-state index in [4.69, 9.17) is 11.6 Å². The van der Waals surface area contributed by atoms with E-state index in [0.29, 0.717) is 18.0 Å². The van der Waals surface area contributed by atoms with Gasteiger partial charge in [0.1, 0.15) is 6.04 Å². The maximum atomic E-state index is 13.1. The Bertz CT molecular complexity index is 766. The molecule has 0 aliphatic heterocycles. The highest BCUT2D eigenvalue weighted by Gasteiger charge is 2.28. The van der Waals surface area contributed by atoms with Gasteiger partial charge in [0.25, 0.3) is 0 Å². The third-order valence-electron chi connectivity index (χ3n) is 4.19. The molecule has 0 radical (unpaired) electrons. The Morgan fingerprint density at radius 1 is 1.07 bits per heavy atom. The Kier molecular flexibility index (Phi) is 8.87. The van der Waals surface area contributed by atoms with Crippen LogP contribution in [0.15, 0.2) is 59.5 Å². The molecule has 0 aromatic heterocycles. The summed E-state index contributed by atoms with van der Waals surface area (Å²) in [6.45, 7) is 6.18. The van der Waals surface area contributed by atoms with Gasteiger partial charge in [-0.1, -0.05) is 48.9 Å². The van der Waals surface area contributed by atoms with Crippen molar-refractivity contribution in [1.29, 1.82) is 0 Å². The predicted octanol–water partition coefficient (Wildman–Crippen LogP) is 4.76. The molecule has 1 atom stereocenters. The first-order chi connectivity index (χ1) is 13.4. The van der Waals surface area contributed by atoms with E-state index in [2.05, 4.69) is 5.32 Å². The fraction of sp³-hybridized carbons (Fsp3) is 0.364. The molecule has 1 N–H and O–H groups in total. The average molecular weight is 419 g/mol. The van der Waals surface area contributed by atoms with Crippen molar-refractivity contribution in [2.75, 3.05) is 5.75 Å². The topological polar surface area (TPSA) is 49.4 Å². The highest BCUT2D eigenvalue weighted by molar-refractivity contribution is 8.00. The number of hydrogen-bond donors (Lipinski definition) is 1. The molecule has 2 aromatic carbocycles. The molecule has 2 aromatic rings. The highest BCUT2D eigenvalue weighted by atomic mass is 35.5. The van der Waals surface area contributed by atoms with Gasteiger partial charge in [-0.3, -0.25) is 9.59 Å². The van der Waals surface area contributed by atoms with Crippen LogP contribution in [0.25, 0.3) is 0 Å². The number of thioether (sulfide) groups is 1. The van der Waals surface area contributed by atoms with Gasteiger partial charge in [0.15, 0.2) is 0 Å². The number of amides is 2. The summed E-state index contributed by atoms with van der Waals surface area (Å²) >= 11 is 7.37. The first-order valence-corrected chi connectivity index (χ1v) is 10.8. The molecule has 0 heterocycles. The number of benzene rings is 2. The zero-order chi connectivity index (χ0) is 20.5. The van der Waals surface area contributed by atoms with E-state index in [-0.39, 0.29) is 23.6 Å². The van der Waals surface area contributed by atoms with E-state index >= 15 is 0 Å². The lowest BCUT2D eigenvalue weighted by Gasteiger charge is -2.31. The molecule has 0 bridgehead atoms. The molecular formula is C22H27ClN2O2S. The van der Waals surface area contributed by atoms with Crippen molar-refractivity contribution in [2.24, 2.45) is 0 Å². The average Bonchev–Trinajstić information content (AvgIpc) is 2.67. The first-order valence-electron chi connectivity index (χ1n) is 9.42. The van der Waals surface area contributed by atoms with Crippen molar-refractivity contribution >= 4 is 35.2 Å². The summed E-state index contributed by atoms with van der Waals surface area (Å²) < 4.78 is 0. The Hall–Kier alpha value is -1.98. The zero-order valence-corrected chi connectivity index (χ0v) is 18.1. The molecule has 0 unspecified atom stereocenters. The lowest BCUT2D eigenvalue weighted by atomic mass is 10.1. The normalized spacial score (nSPS) is 11.9. The minimum Gasteiger partial charge on any atom is -0.352 e. The fourth-order valence-electron chi connectivity index (χ4n) is 2.84. The number of nitrogens with one attached hydrogen (secondary N) is 1. The number of carbonyl (C=O) groups is 2. The molecule has 2 rings (SSSR count). The van der Waals surface area contributed by atoms with Crippen LogP contribution in [0.1, 0.15) is 32.8 Å². The molecule has 2 amide bonds. The fourth-order valence-corrected chi connectivity index (χ4v) is 3.75. The molecular weight excluding hydrogens is 392 g/mol. The van der Waals surface area contributed by atoms with Crippen LogP contribution in [0, 0.1) is 0 Å². The second-order valence-corrected chi connectivity index (χ2v) is 8.32. The summed E-state index contributed by atoms with van der Waals surface area (Å²) in [5, 5.41) is 3.61. The van der Waals surface area contributed by atoms with Crippen molar-refractivity contribution in [3.8, 4) is 0 Å². The summed E-state index contributed by atoms with van der Waals surface area (Å²) in [6, 6.07) is 16.7. The van der Waals surface area contributed by atoms with Crippen LogP contribution >= 0.6 is 23.4 Å². The largest absolute Gasteiger partial charge is 0.352 e. The van der Waals surface area contributed by atoms with Crippen LogP contribution in [-0.2, 0) is 16.1 Å². The number of halogens is 1. The lowest BCUT2D eigenvalue weighted by Crippen LogP contribution is -2.50. The predicted molar refractivity (Wildman–Crippen MR) is 117 cm³/mol. The molecule has 0 saturated heterocycles. The van der Waals surface area contributed by atoms with Gasteiger partial charge >= 0.3 is 0 Å². The van der Waals surface area contributed by atoms with Gasteiger partial charge in [-0.25, -0.2) is 0 Å². The first kappa shape index (κ1) is 22.3. The Labute approximate surface area is 176 Å². The second-order valence-electron chi connectivity index (χ2n) is 6.84. The third-order valence-corrected chi connectivity index (χ3v) is 5.44. The molecule has 0 aliphatic rings. The van der Waals surface area contributed by atoms with Crippen molar-refractivity contribution < 1.29 is 9.59 Å². The van der Waals surface area contributed by atoms with E-state index in [9.17, 15) is 9.59 Å². The number of carbonyl (C=O) groups excluding carboxylic acids is 2. The van der Waals surface area contributed by atoms with Gasteiger partial charge in [0, 0.05) is 22.5 Å². The maximum absolute atomic E-state index is 13.1. The van der Waals surface area contributed by atoms with E-state index in [1.54, 1.807) is 17.0 Å². The van der Waals surface area contributed by atoms with E-state index in [1.807, 2.05) is 63.2 Å². The van der Waals surface area contributed by atoms with Crippen LogP contribution in [0.3, 0.4) is 0 Å². The molecule has 150 valence electrons. The van der Waals surface area contributed by atoms with Crippen LogP contribution < -0.4 is 5.32 Å². The minimum atomic E-state index is -0.499. The van der Waals surface area contributed by atoms with E-state index in [0.717, 1.165) is 10.5 Å². The molecule has 0 spiro atoms. The second kappa shape index (κ2) is 11.1. The van der Waals surface area contributed by atoms with Gasteiger partial charge in [-0.05, 0) is 50.1 Å². The van der Waals surface area contributed by atoms with Gasteiger partial charge in [0.05, 0.1) is 5.75 Å². The SMILES string of the molecule is CC[C@@H](C(=O)NC(C)C)N(Cc1ccccc1)C(=O)CSc1ccc(Cl)cc1. The third kappa shape index (κ3) is 6.88. The zero-order valence-electron chi connectivity index (χ0n) is 16.5. The molecule has 0 aliphatic carbocycles. The molecule has 0 saturated carbocycles. The molecule has 6 heteroatoms. The van der Waals surface area contributed by atoms with E-state index < -0.39 is 6.04 Å². The minimum absolute atomic E-state index is 0.0265. The number of nitrogens with zero attached hydrogens (tertiary/aromatic N) is 1. The molecule has 4 nitrogen and oxygen atoms in total. The Morgan fingerprint density at radius 3 is 2.29 bits per heavy atom. The number of hydrogen-bond acceptors (Lipinski definition) is 3. The van der Waals surface area contributed by atoms with Gasteiger partial charge in [0.2, 0.25) is 11.8 Å². The summed E-state index contributed by atoms with van der Waals surface area (Å²) in [4.78, 5) is 28.4. The van der Waals surface area contributed by atoms with Crippen LogP contribution in [0.2, 0.25) is 5.02 Å². The van der Waals surface area contributed by atoms with Crippen LogP contribution in [0.5, 0.6) is 0 Å². The van der Waals surface area contributed by atoms with Crippen molar-refractivity contribution in [3.63, 3.8) is 0 Å². The standard InChI is InChI=1S/C22H27ClN2O2S/c1-4-20(22(27)24-16(2)3)25(14-17-8-6-5-7-9-17)21(26)15-28-19-12-10-18(23)11-13-19/h5-13,16,20H,4,14-15H2,1-3H3,(H,24,27)/t20-/m0/s1. The number of rotatable bonds is 9. The quantitative estimate of drug-likeness (QED) is 0.597. The van der Waals surface area contributed by atoms with Crippen LogP contribution in [0.4, 0.5) is 0 Å². The Morgan fingerprint density at radius 2 is 1.71 bits per heavy atom. The Balaban J connectivity index is 2.16. The highest BCUT2D eigenvalue weighted by Crippen LogP contribution is 2.22. The van der Waals surface area contributed by atoms with E-state index in [1.165, 1.54) is 11.8 Å². The van der Waals surface area contributed by atoms with Crippen molar-refractivity contribution in [1.82, 2.24) is 10.2 Å². The lowest BCUT2D eigenvalue weighted by molar-refractivity contribution is -0.139. The van der Waals surface area contributed by atoms with Gasteiger partial charge in [-0.15, -0.1) is 11.8 Å². The smallest absolute Gasteiger partial charge is 0.243 e. The summed E-state index contributed by atoms with van der Waals surface area (Å²) in [6.07, 6.45) is 0.558. The summed E-state index contributed by atoms with van der Waals surface area (Å²) in [7, 11) is 0. The van der Waals surface area contributed by atoms with Gasteiger partial charge in [-0.2, -0.15) is 0 Å². The summed E-state index contributed by atoms with van der Waals surface area (Å²) in [5.74, 6) is 0.0905. The van der Waals surface area contributed by atoms with Crippen LogP contribution in [-0.4, -0.2) is 34.6 Å². The monoisotopic (exact) mass is 418 g/mol. The van der Waals surface area contributed by atoms with Gasteiger partial charge < -0.3 is 10.2 Å².